The van der Waals surface area contributed by atoms with Gasteiger partial charge in [-0.25, -0.2) is 4.98 Å². The number of nitrogens with zero attached hydrogens (tertiary/aromatic N) is 4. The number of aromatic nitrogens is 4. The van der Waals surface area contributed by atoms with Crippen LogP contribution in [0.4, 0.5) is 5.13 Å². The van der Waals surface area contributed by atoms with Crippen LogP contribution >= 0.6 is 46.0 Å². The Kier molecular flexibility index (Phi) is 6.83. The molecule has 0 aliphatic rings. The van der Waals surface area contributed by atoms with Crippen molar-refractivity contribution in [2.24, 2.45) is 0 Å². The molecular weight excluding hydrogens is 458 g/mol. The summed E-state index contributed by atoms with van der Waals surface area (Å²) in [4.78, 5) is 18.0. The molecule has 4 rings (SSSR count). The predicted octanol–water partition coefficient (Wildman–Crippen LogP) is 5.92. The summed E-state index contributed by atoms with van der Waals surface area (Å²) in [5, 5.41) is 17.4. The molecule has 10 heteroatoms. The average Bonchev–Trinajstić information content (AvgIpc) is 3.48. The number of halogens is 1. The predicted molar refractivity (Wildman–Crippen MR) is 126 cm³/mol. The number of amides is 1. The first-order valence-electron chi connectivity index (χ1n) is 9.25. The zero-order chi connectivity index (χ0) is 20.9. The molecule has 1 aromatic carbocycles. The number of benzene rings is 1. The van der Waals surface area contributed by atoms with Crippen molar-refractivity contribution in [2.75, 3.05) is 11.1 Å². The fourth-order valence-electron chi connectivity index (χ4n) is 2.78. The van der Waals surface area contributed by atoms with Crippen LogP contribution in [0, 0.1) is 0 Å². The third kappa shape index (κ3) is 4.92. The molecule has 4 aromatic rings. The molecule has 1 amide bonds. The summed E-state index contributed by atoms with van der Waals surface area (Å²) in [5.41, 5.74) is 1.77. The number of hydrogen-bond acceptors (Lipinski definition) is 7. The molecule has 1 N–H and O–H groups in total. The number of anilines is 1. The van der Waals surface area contributed by atoms with Gasteiger partial charge in [-0.3, -0.25) is 4.79 Å². The van der Waals surface area contributed by atoms with E-state index in [-0.39, 0.29) is 11.7 Å². The Balaban J connectivity index is 1.39. The normalized spacial score (nSPS) is 11.0. The van der Waals surface area contributed by atoms with Crippen LogP contribution in [0.25, 0.3) is 22.0 Å². The number of carbonyl (C=O) groups is 1. The van der Waals surface area contributed by atoms with Crippen molar-refractivity contribution in [1.82, 2.24) is 19.7 Å². The molecule has 0 saturated heterocycles. The summed E-state index contributed by atoms with van der Waals surface area (Å²) < 4.78 is 2.08. The van der Waals surface area contributed by atoms with Crippen LogP contribution in [0.2, 0.25) is 5.02 Å². The van der Waals surface area contributed by atoms with Gasteiger partial charge in [0.2, 0.25) is 5.91 Å². The van der Waals surface area contributed by atoms with E-state index in [1.165, 1.54) is 23.1 Å². The Morgan fingerprint density at radius 3 is 2.77 bits per heavy atom. The average molecular weight is 476 g/mol. The molecule has 3 aromatic heterocycles. The third-order valence-corrected chi connectivity index (χ3v) is 6.97. The molecule has 154 valence electrons. The Bertz CT molecular complexity index is 1120. The molecule has 0 bridgehead atoms. The van der Waals surface area contributed by atoms with Crippen molar-refractivity contribution in [3.05, 3.63) is 52.2 Å². The molecule has 30 heavy (non-hydrogen) atoms. The van der Waals surface area contributed by atoms with Gasteiger partial charge in [0.25, 0.3) is 0 Å². The summed E-state index contributed by atoms with van der Waals surface area (Å²) in [6, 6.07) is 11.5. The number of nitrogens with one attached hydrogen (secondary N) is 1. The van der Waals surface area contributed by atoms with Gasteiger partial charge in [0, 0.05) is 22.5 Å². The highest BCUT2D eigenvalue weighted by Gasteiger charge is 2.16. The SMILES string of the molecule is CCCn1c(SCC(=O)Nc2nc(-c3ccc(Cl)cc3)cs2)nnc1-c1cccs1. The molecule has 0 saturated carbocycles. The molecule has 0 radical (unpaired) electrons. The second-order valence-electron chi connectivity index (χ2n) is 6.32. The van der Waals surface area contributed by atoms with Crippen LogP contribution in [0.1, 0.15) is 13.3 Å². The van der Waals surface area contributed by atoms with Gasteiger partial charge in [0.05, 0.1) is 16.3 Å². The second-order valence-corrected chi connectivity index (χ2v) is 9.50. The van der Waals surface area contributed by atoms with Gasteiger partial charge >= 0.3 is 0 Å². The molecule has 0 unspecified atom stereocenters. The fourth-order valence-corrected chi connectivity index (χ4v) is 5.12. The highest BCUT2D eigenvalue weighted by Crippen LogP contribution is 2.28. The maximum Gasteiger partial charge on any atom is 0.236 e. The number of hydrogen-bond donors (Lipinski definition) is 1. The Labute approximate surface area is 191 Å². The van der Waals surface area contributed by atoms with Gasteiger partial charge in [0.15, 0.2) is 16.1 Å². The standard InChI is InChI=1S/C20H18ClN5OS3/c1-2-9-26-18(16-4-3-10-28-16)24-25-20(26)30-12-17(27)23-19-22-15(11-29-19)13-5-7-14(21)8-6-13/h3-8,10-11H,2,9,12H2,1H3,(H,22,23,27). The zero-order valence-corrected chi connectivity index (χ0v) is 19.2. The summed E-state index contributed by atoms with van der Waals surface area (Å²) in [6.45, 7) is 2.92. The zero-order valence-electron chi connectivity index (χ0n) is 16.0. The minimum absolute atomic E-state index is 0.124. The third-order valence-electron chi connectivity index (χ3n) is 4.13. The van der Waals surface area contributed by atoms with Gasteiger partial charge in [-0.2, -0.15) is 0 Å². The summed E-state index contributed by atoms with van der Waals surface area (Å²) in [6.07, 6.45) is 0.961. The summed E-state index contributed by atoms with van der Waals surface area (Å²) in [5.74, 6) is 0.963. The highest BCUT2D eigenvalue weighted by molar-refractivity contribution is 7.99. The largest absolute Gasteiger partial charge is 0.301 e. The number of thioether (sulfide) groups is 1. The summed E-state index contributed by atoms with van der Waals surface area (Å²) >= 11 is 10.3. The van der Waals surface area contributed by atoms with Gasteiger partial charge in [0.1, 0.15) is 0 Å². The Morgan fingerprint density at radius 1 is 1.20 bits per heavy atom. The highest BCUT2D eigenvalue weighted by atomic mass is 35.5. The van der Waals surface area contributed by atoms with Crippen molar-refractivity contribution in [3.63, 3.8) is 0 Å². The van der Waals surface area contributed by atoms with Crippen LogP contribution in [-0.4, -0.2) is 31.4 Å². The molecule has 3 heterocycles. The van der Waals surface area contributed by atoms with E-state index in [4.69, 9.17) is 11.6 Å². The lowest BCUT2D eigenvalue weighted by molar-refractivity contribution is -0.113. The topological polar surface area (TPSA) is 72.7 Å². The molecule has 6 nitrogen and oxygen atoms in total. The van der Waals surface area contributed by atoms with Crippen LogP contribution in [0.15, 0.2) is 52.3 Å². The van der Waals surface area contributed by atoms with Gasteiger partial charge in [-0.15, -0.1) is 32.9 Å². The maximum atomic E-state index is 12.4. The number of carbonyl (C=O) groups excluding carboxylic acids is 1. The van der Waals surface area contributed by atoms with Crippen LogP contribution < -0.4 is 5.32 Å². The minimum Gasteiger partial charge on any atom is -0.301 e. The van der Waals surface area contributed by atoms with Crippen molar-refractivity contribution in [1.29, 1.82) is 0 Å². The maximum absolute atomic E-state index is 12.4. The molecular formula is C20H18ClN5OS3. The second kappa shape index (κ2) is 9.74. The molecule has 0 fully saturated rings. The van der Waals surface area contributed by atoms with Gasteiger partial charge in [-0.1, -0.05) is 48.5 Å². The van der Waals surface area contributed by atoms with Crippen LogP contribution in [0.3, 0.4) is 0 Å². The molecule has 0 aliphatic carbocycles. The quantitative estimate of drug-likeness (QED) is 0.320. The first-order valence-corrected chi connectivity index (χ1v) is 12.4. The lowest BCUT2D eigenvalue weighted by atomic mass is 10.2. The van der Waals surface area contributed by atoms with Gasteiger partial charge < -0.3 is 9.88 Å². The van der Waals surface area contributed by atoms with Crippen LogP contribution in [-0.2, 0) is 11.3 Å². The molecule has 0 atom stereocenters. The van der Waals surface area contributed by atoms with E-state index < -0.39 is 0 Å². The Hall–Kier alpha value is -2.20. The lowest BCUT2D eigenvalue weighted by Gasteiger charge is -2.07. The van der Waals surface area contributed by atoms with E-state index in [1.54, 1.807) is 11.3 Å². The fraction of sp³-hybridized carbons (Fsp3) is 0.200. The number of thiazole rings is 1. The van der Waals surface area contributed by atoms with Crippen molar-refractivity contribution in [3.8, 4) is 22.0 Å². The first-order chi connectivity index (χ1) is 14.6. The van der Waals surface area contributed by atoms with Crippen molar-refractivity contribution >= 4 is 57.1 Å². The monoisotopic (exact) mass is 475 g/mol. The lowest BCUT2D eigenvalue weighted by Crippen LogP contribution is -2.14. The Morgan fingerprint density at radius 2 is 2.03 bits per heavy atom. The van der Waals surface area contributed by atoms with E-state index in [0.717, 1.165) is 40.1 Å². The van der Waals surface area contributed by atoms with E-state index in [0.29, 0.717) is 10.2 Å². The number of thiophene rings is 1. The van der Waals surface area contributed by atoms with E-state index in [9.17, 15) is 4.79 Å². The van der Waals surface area contributed by atoms with E-state index >= 15 is 0 Å². The minimum atomic E-state index is -0.124. The van der Waals surface area contributed by atoms with Crippen LogP contribution in [0.5, 0.6) is 0 Å². The van der Waals surface area contributed by atoms with E-state index in [2.05, 4.69) is 32.0 Å². The molecule has 0 aliphatic heterocycles. The van der Waals surface area contributed by atoms with E-state index in [1.807, 2.05) is 47.2 Å². The van der Waals surface area contributed by atoms with Crippen molar-refractivity contribution in [2.45, 2.75) is 25.0 Å². The number of rotatable bonds is 8. The first kappa shape index (κ1) is 21.0. The van der Waals surface area contributed by atoms with Gasteiger partial charge in [-0.05, 0) is 30.0 Å². The smallest absolute Gasteiger partial charge is 0.236 e. The molecule has 0 spiro atoms. The summed E-state index contributed by atoms with van der Waals surface area (Å²) in [7, 11) is 0. The van der Waals surface area contributed by atoms with Crippen molar-refractivity contribution < 1.29 is 4.79 Å².